The van der Waals surface area contributed by atoms with Gasteiger partial charge in [0.05, 0.1) is 6.10 Å². The summed E-state index contributed by atoms with van der Waals surface area (Å²) in [6.07, 6.45) is 8.01. The van der Waals surface area contributed by atoms with Crippen molar-refractivity contribution in [2.75, 3.05) is 26.2 Å². The maximum atomic E-state index is 10.3. The zero-order chi connectivity index (χ0) is 12.5. The molecule has 18 heavy (non-hydrogen) atoms. The van der Waals surface area contributed by atoms with Crippen LogP contribution in [0.2, 0.25) is 0 Å². The molecule has 3 rings (SSSR count). The van der Waals surface area contributed by atoms with Gasteiger partial charge in [-0.15, -0.1) is 0 Å². The minimum Gasteiger partial charge on any atom is -0.390 e. The van der Waals surface area contributed by atoms with E-state index in [1.54, 1.807) is 0 Å². The Morgan fingerprint density at radius 1 is 1.17 bits per heavy atom. The topological polar surface area (TPSA) is 26.7 Å². The molecule has 0 amide bonds. The van der Waals surface area contributed by atoms with Crippen LogP contribution in [0.25, 0.3) is 0 Å². The maximum Gasteiger partial charge on any atom is 0.0794 e. The Balaban J connectivity index is 1.48. The smallest absolute Gasteiger partial charge is 0.0794 e. The number of aliphatic hydroxyl groups excluding tert-OH is 1. The molecule has 104 valence electrons. The van der Waals surface area contributed by atoms with Crippen LogP contribution in [-0.2, 0) is 0 Å². The standard InChI is InChI=1S/C15H28N2O/c1-12(13-4-5-13)17(14-6-7-14)11-15(18)10-16-8-2-3-9-16/h12-15,18H,2-11H2,1H3. The van der Waals surface area contributed by atoms with Gasteiger partial charge < -0.3 is 10.0 Å². The van der Waals surface area contributed by atoms with Crippen molar-refractivity contribution in [2.24, 2.45) is 5.92 Å². The molecule has 0 radical (unpaired) electrons. The molecule has 1 N–H and O–H groups in total. The van der Waals surface area contributed by atoms with E-state index in [4.69, 9.17) is 0 Å². The van der Waals surface area contributed by atoms with Gasteiger partial charge in [-0.3, -0.25) is 4.90 Å². The fourth-order valence-electron chi connectivity index (χ4n) is 3.47. The summed E-state index contributed by atoms with van der Waals surface area (Å²) in [5.74, 6) is 0.921. The van der Waals surface area contributed by atoms with Gasteiger partial charge in [0.25, 0.3) is 0 Å². The molecule has 2 aliphatic carbocycles. The number of hydrogen-bond donors (Lipinski definition) is 1. The first kappa shape index (κ1) is 12.9. The van der Waals surface area contributed by atoms with E-state index in [0.29, 0.717) is 6.04 Å². The van der Waals surface area contributed by atoms with Crippen molar-refractivity contribution in [2.45, 2.75) is 63.6 Å². The van der Waals surface area contributed by atoms with E-state index in [1.807, 2.05) is 0 Å². The van der Waals surface area contributed by atoms with Gasteiger partial charge in [0.15, 0.2) is 0 Å². The van der Waals surface area contributed by atoms with Crippen molar-refractivity contribution in [1.82, 2.24) is 9.80 Å². The molecule has 3 nitrogen and oxygen atoms in total. The normalized spacial score (nSPS) is 28.8. The molecule has 1 heterocycles. The minimum absolute atomic E-state index is 0.148. The van der Waals surface area contributed by atoms with Crippen LogP contribution in [-0.4, -0.2) is 59.3 Å². The molecule has 3 aliphatic rings. The van der Waals surface area contributed by atoms with E-state index in [9.17, 15) is 5.11 Å². The largest absolute Gasteiger partial charge is 0.390 e. The number of β-amino-alcohol motifs (C(OH)–C–C–N with tert-alkyl or cyclic N) is 1. The quantitative estimate of drug-likeness (QED) is 0.747. The average molecular weight is 252 g/mol. The molecule has 0 bridgehead atoms. The van der Waals surface area contributed by atoms with Gasteiger partial charge in [-0.2, -0.15) is 0 Å². The van der Waals surface area contributed by atoms with Crippen molar-refractivity contribution in [3.05, 3.63) is 0 Å². The van der Waals surface area contributed by atoms with Crippen molar-refractivity contribution in [1.29, 1.82) is 0 Å². The lowest BCUT2D eigenvalue weighted by atomic mass is 10.1. The van der Waals surface area contributed by atoms with Gasteiger partial charge in [0, 0.05) is 25.2 Å². The molecular formula is C15H28N2O. The van der Waals surface area contributed by atoms with Crippen LogP contribution in [0.3, 0.4) is 0 Å². The second kappa shape index (κ2) is 5.48. The van der Waals surface area contributed by atoms with E-state index in [-0.39, 0.29) is 6.10 Å². The second-order valence-electron chi connectivity index (χ2n) is 6.67. The van der Waals surface area contributed by atoms with Gasteiger partial charge in [0.2, 0.25) is 0 Å². The molecule has 0 spiro atoms. The Hall–Kier alpha value is -0.120. The zero-order valence-corrected chi connectivity index (χ0v) is 11.7. The molecule has 2 saturated carbocycles. The van der Waals surface area contributed by atoms with Crippen molar-refractivity contribution in [3.63, 3.8) is 0 Å². The first-order valence-electron chi connectivity index (χ1n) is 7.90. The Bertz CT molecular complexity index is 270. The third-order valence-electron chi connectivity index (χ3n) is 4.93. The molecule has 2 atom stereocenters. The fraction of sp³-hybridized carbons (Fsp3) is 1.00. The van der Waals surface area contributed by atoms with E-state index in [2.05, 4.69) is 16.7 Å². The molecule has 3 heteroatoms. The first-order valence-corrected chi connectivity index (χ1v) is 7.90. The molecule has 0 aromatic rings. The van der Waals surface area contributed by atoms with Crippen LogP contribution in [0.15, 0.2) is 0 Å². The monoisotopic (exact) mass is 252 g/mol. The summed E-state index contributed by atoms with van der Waals surface area (Å²) >= 11 is 0. The highest BCUT2D eigenvalue weighted by Crippen LogP contribution is 2.39. The Morgan fingerprint density at radius 2 is 1.83 bits per heavy atom. The van der Waals surface area contributed by atoms with E-state index in [1.165, 1.54) is 51.6 Å². The lowest BCUT2D eigenvalue weighted by Crippen LogP contribution is -2.45. The predicted octanol–water partition coefficient (Wildman–Crippen LogP) is 1.71. The summed E-state index contributed by atoms with van der Waals surface area (Å²) in [4.78, 5) is 5.04. The molecule has 1 saturated heterocycles. The average Bonchev–Trinajstić information content (AvgIpc) is 3.25. The van der Waals surface area contributed by atoms with Crippen molar-refractivity contribution >= 4 is 0 Å². The molecule has 0 aromatic carbocycles. The Labute approximate surface area is 111 Å². The fourth-order valence-corrected chi connectivity index (χ4v) is 3.47. The highest BCUT2D eigenvalue weighted by atomic mass is 16.3. The lowest BCUT2D eigenvalue weighted by molar-refractivity contribution is 0.0573. The minimum atomic E-state index is -0.148. The van der Waals surface area contributed by atoms with Gasteiger partial charge in [-0.25, -0.2) is 0 Å². The van der Waals surface area contributed by atoms with E-state index >= 15 is 0 Å². The Kier molecular flexibility index (Phi) is 3.92. The van der Waals surface area contributed by atoms with Crippen LogP contribution in [0.4, 0.5) is 0 Å². The van der Waals surface area contributed by atoms with Crippen molar-refractivity contribution in [3.8, 4) is 0 Å². The van der Waals surface area contributed by atoms with Crippen LogP contribution >= 0.6 is 0 Å². The van der Waals surface area contributed by atoms with Gasteiger partial charge in [-0.05, 0) is 64.5 Å². The summed E-state index contributed by atoms with van der Waals surface area (Å²) < 4.78 is 0. The van der Waals surface area contributed by atoms with E-state index < -0.39 is 0 Å². The SMILES string of the molecule is CC(C1CC1)N(CC(O)CN1CCCC1)C1CC1. The lowest BCUT2D eigenvalue weighted by Gasteiger charge is -2.32. The first-order chi connectivity index (χ1) is 8.74. The van der Waals surface area contributed by atoms with Crippen LogP contribution < -0.4 is 0 Å². The summed E-state index contributed by atoms with van der Waals surface area (Å²) in [5, 5.41) is 10.3. The highest BCUT2D eigenvalue weighted by molar-refractivity contribution is 4.94. The zero-order valence-electron chi connectivity index (χ0n) is 11.7. The van der Waals surface area contributed by atoms with E-state index in [0.717, 1.165) is 25.0 Å². The molecule has 2 unspecified atom stereocenters. The summed E-state index contributed by atoms with van der Waals surface area (Å²) in [7, 11) is 0. The highest BCUT2D eigenvalue weighted by Gasteiger charge is 2.39. The summed E-state index contributed by atoms with van der Waals surface area (Å²) in [6.45, 7) is 6.55. The number of nitrogens with zero attached hydrogens (tertiary/aromatic N) is 2. The number of likely N-dealkylation sites (tertiary alicyclic amines) is 1. The molecule has 0 aromatic heterocycles. The summed E-state index contributed by atoms with van der Waals surface area (Å²) in [6, 6.07) is 1.49. The third-order valence-corrected chi connectivity index (χ3v) is 4.93. The maximum absolute atomic E-state index is 10.3. The molecular weight excluding hydrogens is 224 g/mol. The van der Waals surface area contributed by atoms with Crippen LogP contribution in [0.1, 0.15) is 45.4 Å². The van der Waals surface area contributed by atoms with Gasteiger partial charge >= 0.3 is 0 Å². The summed E-state index contributed by atoms with van der Waals surface area (Å²) in [5.41, 5.74) is 0. The number of hydrogen-bond acceptors (Lipinski definition) is 3. The second-order valence-corrected chi connectivity index (χ2v) is 6.67. The van der Waals surface area contributed by atoms with Crippen molar-refractivity contribution < 1.29 is 5.11 Å². The third kappa shape index (κ3) is 3.25. The predicted molar refractivity (Wildman–Crippen MR) is 73.6 cm³/mol. The van der Waals surface area contributed by atoms with Gasteiger partial charge in [-0.1, -0.05) is 0 Å². The number of aliphatic hydroxyl groups is 1. The molecule has 1 aliphatic heterocycles. The van der Waals surface area contributed by atoms with Gasteiger partial charge in [0.1, 0.15) is 0 Å². The van der Waals surface area contributed by atoms with Crippen LogP contribution in [0.5, 0.6) is 0 Å². The van der Waals surface area contributed by atoms with Crippen LogP contribution in [0, 0.1) is 5.92 Å². The Morgan fingerprint density at radius 3 is 2.39 bits per heavy atom. The number of rotatable bonds is 7. The molecule has 3 fully saturated rings.